The highest BCUT2D eigenvalue weighted by molar-refractivity contribution is 7.89. The third kappa shape index (κ3) is 2.65. The van der Waals surface area contributed by atoms with Gasteiger partial charge in [-0.3, -0.25) is 0 Å². The van der Waals surface area contributed by atoms with Gasteiger partial charge in [-0.1, -0.05) is 47.5 Å². The van der Waals surface area contributed by atoms with E-state index in [0.29, 0.717) is 5.82 Å². The van der Waals surface area contributed by atoms with Crippen LogP contribution >= 0.6 is 0 Å². The molecule has 2 aromatic carbocycles. The fraction of sp³-hybridized carbons (Fsp3) is 0.125. The summed E-state index contributed by atoms with van der Waals surface area (Å²) in [4.78, 5) is 4.29. The lowest BCUT2D eigenvalue weighted by atomic mass is 10.1. The Morgan fingerprint density at radius 2 is 1.41 bits per heavy atom. The molecule has 0 aliphatic rings. The van der Waals surface area contributed by atoms with Crippen LogP contribution in [0.3, 0.4) is 0 Å². The van der Waals surface area contributed by atoms with E-state index < -0.39 is 10.0 Å². The Morgan fingerprint density at radius 1 is 0.864 bits per heavy atom. The summed E-state index contributed by atoms with van der Waals surface area (Å²) in [5, 5.41) is 4.10. The second-order valence-electron chi connectivity index (χ2n) is 5.12. The van der Waals surface area contributed by atoms with Crippen molar-refractivity contribution in [3.8, 4) is 11.4 Å². The maximum atomic E-state index is 12.5. The van der Waals surface area contributed by atoms with Crippen molar-refractivity contribution in [2.45, 2.75) is 18.7 Å². The predicted molar refractivity (Wildman–Crippen MR) is 84.0 cm³/mol. The van der Waals surface area contributed by atoms with Crippen molar-refractivity contribution in [2.75, 3.05) is 0 Å². The van der Waals surface area contributed by atoms with Gasteiger partial charge in [0.2, 0.25) is 0 Å². The van der Waals surface area contributed by atoms with Crippen molar-refractivity contribution >= 4 is 10.0 Å². The molecular formula is C16H15N3O2S. The monoisotopic (exact) mass is 313 g/mol. The zero-order valence-corrected chi connectivity index (χ0v) is 13.1. The summed E-state index contributed by atoms with van der Waals surface area (Å²) in [5.74, 6) is 0.385. The number of hydrogen-bond acceptors (Lipinski definition) is 4. The Morgan fingerprint density at radius 3 is 2.00 bits per heavy atom. The quantitative estimate of drug-likeness (QED) is 0.746. The number of benzene rings is 2. The summed E-state index contributed by atoms with van der Waals surface area (Å²) in [6.45, 7) is 3.89. The summed E-state index contributed by atoms with van der Waals surface area (Å²) < 4.78 is 25.9. The lowest BCUT2D eigenvalue weighted by molar-refractivity contribution is 0.580. The maximum absolute atomic E-state index is 12.5. The van der Waals surface area contributed by atoms with Crippen molar-refractivity contribution < 1.29 is 8.42 Å². The molecule has 0 saturated heterocycles. The van der Waals surface area contributed by atoms with Gasteiger partial charge in [0, 0.05) is 5.56 Å². The molecule has 0 bridgehead atoms. The molecule has 0 aliphatic heterocycles. The normalized spacial score (nSPS) is 11.5. The number of nitrogens with zero attached hydrogens (tertiary/aromatic N) is 3. The van der Waals surface area contributed by atoms with Gasteiger partial charge in [-0.05, 0) is 26.0 Å². The Kier molecular flexibility index (Phi) is 3.54. The van der Waals surface area contributed by atoms with E-state index >= 15 is 0 Å². The van der Waals surface area contributed by atoms with Crippen LogP contribution in [0.5, 0.6) is 0 Å². The summed E-state index contributed by atoms with van der Waals surface area (Å²) in [6.07, 6.45) is 1.23. The fourth-order valence-corrected chi connectivity index (χ4v) is 3.07. The van der Waals surface area contributed by atoms with E-state index in [4.69, 9.17) is 0 Å². The van der Waals surface area contributed by atoms with E-state index in [9.17, 15) is 8.42 Å². The van der Waals surface area contributed by atoms with Crippen LogP contribution in [0.15, 0.2) is 59.8 Å². The first-order chi connectivity index (χ1) is 10.5. The average Bonchev–Trinajstić information content (AvgIpc) is 2.99. The topological polar surface area (TPSA) is 64.8 Å². The van der Waals surface area contributed by atoms with Crippen LogP contribution in [0.2, 0.25) is 0 Å². The van der Waals surface area contributed by atoms with Crippen LogP contribution in [0.25, 0.3) is 11.4 Å². The SMILES string of the molecule is Cc1ccc(-c2ncn(S(=O)(=O)c3ccc(C)cc3)n2)cc1. The van der Waals surface area contributed by atoms with E-state index in [-0.39, 0.29) is 4.90 Å². The number of hydrogen-bond donors (Lipinski definition) is 0. The van der Waals surface area contributed by atoms with Gasteiger partial charge in [0.15, 0.2) is 5.82 Å². The highest BCUT2D eigenvalue weighted by Crippen LogP contribution is 2.18. The highest BCUT2D eigenvalue weighted by Gasteiger charge is 2.19. The van der Waals surface area contributed by atoms with Gasteiger partial charge in [-0.25, -0.2) is 4.98 Å². The predicted octanol–water partition coefficient (Wildman–Crippen LogP) is 2.80. The van der Waals surface area contributed by atoms with E-state index in [2.05, 4.69) is 10.1 Å². The van der Waals surface area contributed by atoms with E-state index in [1.165, 1.54) is 6.33 Å². The van der Waals surface area contributed by atoms with Crippen LogP contribution in [0.1, 0.15) is 11.1 Å². The molecule has 112 valence electrons. The van der Waals surface area contributed by atoms with Crippen molar-refractivity contribution in [1.82, 2.24) is 14.2 Å². The molecule has 0 aliphatic carbocycles. The van der Waals surface area contributed by atoms with Gasteiger partial charge in [-0.2, -0.15) is 8.42 Å². The fourth-order valence-electron chi connectivity index (χ4n) is 2.02. The first-order valence-electron chi connectivity index (χ1n) is 6.78. The van der Waals surface area contributed by atoms with E-state index in [1.54, 1.807) is 24.3 Å². The van der Waals surface area contributed by atoms with Crippen molar-refractivity contribution in [3.05, 3.63) is 66.0 Å². The molecule has 0 fully saturated rings. The lowest BCUT2D eigenvalue weighted by Gasteiger charge is -2.03. The van der Waals surface area contributed by atoms with Crippen molar-refractivity contribution in [1.29, 1.82) is 0 Å². The van der Waals surface area contributed by atoms with Gasteiger partial charge in [0.1, 0.15) is 6.33 Å². The molecule has 3 rings (SSSR count). The Hall–Kier alpha value is -2.47. The second kappa shape index (κ2) is 5.38. The number of aromatic nitrogens is 3. The van der Waals surface area contributed by atoms with Crippen LogP contribution in [0.4, 0.5) is 0 Å². The second-order valence-corrected chi connectivity index (χ2v) is 6.92. The summed E-state index contributed by atoms with van der Waals surface area (Å²) >= 11 is 0. The van der Waals surface area contributed by atoms with E-state index in [0.717, 1.165) is 20.8 Å². The smallest absolute Gasteiger partial charge is 0.214 e. The first-order valence-corrected chi connectivity index (χ1v) is 8.22. The molecule has 0 atom stereocenters. The summed E-state index contributed by atoms with van der Waals surface area (Å²) in [5.41, 5.74) is 2.90. The minimum Gasteiger partial charge on any atom is -0.214 e. The molecule has 1 heterocycles. The molecule has 0 saturated carbocycles. The molecular weight excluding hydrogens is 298 g/mol. The number of rotatable bonds is 3. The third-order valence-corrected chi connectivity index (χ3v) is 4.88. The highest BCUT2D eigenvalue weighted by atomic mass is 32.2. The Balaban J connectivity index is 1.99. The zero-order chi connectivity index (χ0) is 15.7. The van der Waals surface area contributed by atoms with E-state index in [1.807, 2.05) is 38.1 Å². The molecule has 0 N–H and O–H groups in total. The molecule has 1 aromatic heterocycles. The molecule has 0 unspecified atom stereocenters. The maximum Gasteiger partial charge on any atom is 0.284 e. The lowest BCUT2D eigenvalue weighted by Crippen LogP contribution is -2.13. The average molecular weight is 313 g/mol. The molecule has 5 nitrogen and oxygen atoms in total. The summed E-state index contributed by atoms with van der Waals surface area (Å²) in [7, 11) is -3.71. The Bertz CT molecular complexity index is 895. The van der Waals surface area contributed by atoms with Gasteiger partial charge in [0.25, 0.3) is 10.0 Å². The zero-order valence-electron chi connectivity index (χ0n) is 12.3. The summed E-state index contributed by atoms with van der Waals surface area (Å²) in [6, 6.07) is 14.3. The van der Waals surface area contributed by atoms with Crippen molar-refractivity contribution in [3.63, 3.8) is 0 Å². The molecule has 0 radical (unpaired) electrons. The van der Waals surface area contributed by atoms with Gasteiger partial charge >= 0.3 is 0 Å². The van der Waals surface area contributed by atoms with Gasteiger partial charge in [0.05, 0.1) is 4.90 Å². The minimum atomic E-state index is -3.71. The molecule has 3 aromatic rings. The molecule has 22 heavy (non-hydrogen) atoms. The van der Waals surface area contributed by atoms with Crippen LogP contribution in [0, 0.1) is 13.8 Å². The van der Waals surface area contributed by atoms with Crippen LogP contribution in [-0.2, 0) is 10.0 Å². The number of aryl methyl sites for hydroxylation is 2. The molecule has 0 spiro atoms. The minimum absolute atomic E-state index is 0.193. The van der Waals surface area contributed by atoms with Gasteiger partial charge in [-0.15, -0.1) is 9.19 Å². The van der Waals surface area contributed by atoms with Gasteiger partial charge < -0.3 is 0 Å². The van der Waals surface area contributed by atoms with Crippen LogP contribution in [-0.4, -0.2) is 22.6 Å². The first kappa shape index (κ1) is 14.5. The third-order valence-electron chi connectivity index (χ3n) is 3.35. The standard InChI is InChI=1S/C16H15N3O2S/c1-12-3-7-14(8-4-12)16-17-11-19(18-16)22(20,21)15-9-5-13(2)6-10-15/h3-11H,1-2H3. The van der Waals surface area contributed by atoms with Crippen molar-refractivity contribution in [2.24, 2.45) is 0 Å². The molecule has 0 amide bonds. The van der Waals surface area contributed by atoms with Crippen LogP contribution < -0.4 is 0 Å². The Labute approximate surface area is 129 Å². The molecule has 6 heteroatoms. The largest absolute Gasteiger partial charge is 0.284 e.